The Hall–Kier alpha value is -3.20. The summed E-state index contributed by atoms with van der Waals surface area (Å²) in [6.45, 7) is 14.4. The fourth-order valence-electron chi connectivity index (χ4n) is 3.96. The van der Waals surface area contributed by atoms with Gasteiger partial charge in [0.05, 0.1) is 0 Å². The summed E-state index contributed by atoms with van der Waals surface area (Å²) < 4.78 is 5.36. The van der Waals surface area contributed by atoms with Gasteiger partial charge in [0.15, 0.2) is 0 Å². The van der Waals surface area contributed by atoms with Crippen molar-refractivity contribution in [2.45, 2.75) is 85.0 Å². The van der Waals surface area contributed by atoms with Crippen LogP contribution >= 0.6 is 12.6 Å². The molecule has 8 nitrogen and oxygen atoms in total. The number of carbonyl (C=O) groups is 3. The highest BCUT2D eigenvalue weighted by Gasteiger charge is 2.44. The molecule has 0 aromatic heterocycles. The molecular formula is C29H41N3O5S. The molecule has 0 aliphatic rings. The minimum atomic E-state index is -1.21. The molecule has 38 heavy (non-hydrogen) atoms. The number of hydrogen-bond donors (Lipinski definition) is 4. The molecule has 2 atom stereocenters. The lowest BCUT2D eigenvalue weighted by Crippen LogP contribution is -2.59. The quantitative estimate of drug-likeness (QED) is 0.311. The topological polar surface area (TPSA) is 108 Å². The third-order valence-electron chi connectivity index (χ3n) is 6.40. The summed E-state index contributed by atoms with van der Waals surface area (Å²) >= 11 is 4.33. The normalized spacial score (nSPS) is 13.3. The number of anilines is 1. The number of amides is 3. The first-order chi connectivity index (χ1) is 17.6. The number of carbonyl (C=O) groups excluding carboxylic acids is 3. The van der Waals surface area contributed by atoms with E-state index in [2.05, 4.69) is 23.3 Å². The minimum Gasteiger partial charge on any atom is -0.507 e. The van der Waals surface area contributed by atoms with Crippen LogP contribution in [0.15, 0.2) is 42.5 Å². The number of para-hydroxylation sites is 2. The predicted octanol–water partition coefficient (Wildman–Crippen LogP) is 5.53. The van der Waals surface area contributed by atoms with Gasteiger partial charge in [-0.2, -0.15) is 12.6 Å². The molecule has 2 aromatic carbocycles. The molecule has 9 heteroatoms. The monoisotopic (exact) mass is 543 g/mol. The van der Waals surface area contributed by atoms with Gasteiger partial charge in [-0.15, -0.1) is 0 Å². The summed E-state index contributed by atoms with van der Waals surface area (Å²) in [7, 11) is 0. The molecule has 0 heterocycles. The Kier molecular flexibility index (Phi) is 10.3. The van der Waals surface area contributed by atoms with Gasteiger partial charge in [0.2, 0.25) is 5.91 Å². The Morgan fingerprint density at radius 3 is 2.16 bits per heavy atom. The van der Waals surface area contributed by atoms with Crippen molar-refractivity contribution in [2.24, 2.45) is 0 Å². The number of thiol groups is 1. The van der Waals surface area contributed by atoms with Crippen LogP contribution in [-0.4, -0.2) is 50.8 Å². The number of nitrogens with zero attached hydrogens (tertiary/aromatic N) is 1. The molecule has 2 rings (SSSR count). The van der Waals surface area contributed by atoms with E-state index < -0.39 is 41.1 Å². The van der Waals surface area contributed by atoms with Gasteiger partial charge in [0.1, 0.15) is 23.4 Å². The molecule has 0 radical (unpaired) electrons. The molecule has 208 valence electrons. The number of benzene rings is 2. The highest BCUT2D eigenvalue weighted by molar-refractivity contribution is 7.80. The third-order valence-corrected chi connectivity index (χ3v) is 6.76. The van der Waals surface area contributed by atoms with Crippen LogP contribution in [0.25, 0.3) is 0 Å². The Morgan fingerprint density at radius 1 is 1.00 bits per heavy atom. The molecule has 0 saturated heterocycles. The molecule has 3 N–H and O–H groups in total. The smallest absolute Gasteiger partial charge is 0.408 e. The lowest BCUT2D eigenvalue weighted by molar-refractivity contribution is -0.147. The number of aryl methyl sites for hydroxylation is 2. The molecule has 0 saturated carbocycles. The van der Waals surface area contributed by atoms with Gasteiger partial charge in [0.25, 0.3) is 5.91 Å². The fourth-order valence-corrected chi connectivity index (χ4v) is 4.21. The Bertz CT molecular complexity index is 1160. The molecule has 2 aromatic rings. The molecule has 0 fully saturated rings. The van der Waals surface area contributed by atoms with E-state index in [1.165, 1.54) is 4.90 Å². The van der Waals surface area contributed by atoms with Crippen LogP contribution in [-0.2, 0) is 14.3 Å². The molecule has 2 unspecified atom stereocenters. The van der Waals surface area contributed by atoms with Gasteiger partial charge in [-0.25, -0.2) is 4.79 Å². The summed E-state index contributed by atoms with van der Waals surface area (Å²) in [6, 6.07) is 10.1. The Labute approximate surface area is 231 Å². The first-order valence-corrected chi connectivity index (χ1v) is 13.3. The summed E-state index contributed by atoms with van der Waals surface area (Å²) in [5.41, 5.74) is 0.670. The molecule has 0 aliphatic carbocycles. The second-order valence-corrected chi connectivity index (χ2v) is 11.3. The first kappa shape index (κ1) is 31.0. The minimum absolute atomic E-state index is 0.0275. The van der Waals surface area contributed by atoms with Crippen LogP contribution in [0.5, 0.6) is 5.75 Å². The van der Waals surface area contributed by atoms with E-state index in [4.69, 9.17) is 4.74 Å². The standard InChI is InChI=1S/C29H41N3O5S/c1-9-29(7,8)32(26(35)22(17-38)31-27(36)37-28(4,5)6)23(20-15-12-14-19(3)24(20)33)25(34)30-21-16-11-10-13-18(21)2/h10-16,22-23,33,38H,9,17H2,1-8H3,(H,30,34)(H,31,36). The van der Waals surface area contributed by atoms with E-state index in [1.54, 1.807) is 52.0 Å². The van der Waals surface area contributed by atoms with Crippen molar-refractivity contribution >= 4 is 36.2 Å². The molecule has 3 amide bonds. The second kappa shape index (κ2) is 12.6. The lowest BCUT2D eigenvalue weighted by Gasteiger charge is -2.44. The van der Waals surface area contributed by atoms with Crippen molar-refractivity contribution < 1.29 is 24.2 Å². The lowest BCUT2D eigenvalue weighted by atomic mass is 9.91. The van der Waals surface area contributed by atoms with Crippen molar-refractivity contribution in [1.29, 1.82) is 0 Å². The van der Waals surface area contributed by atoms with Crippen molar-refractivity contribution in [3.8, 4) is 5.75 Å². The van der Waals surface area contributed by atoms with Crippen LogP contribution in [0.3, 0.4) is 0 Å². The van der Waals surface area contributed by atoms with Crippen molar-refractivity contribution in [3.63, 3.8) is 0 Å². The highest BCUT2D eigenvalue weighted by atomic mass is 32.1. The van der Waals surface area contributed by atoms with Crippen LogP contribution in [0.1, 0.15) is 70.7 Å². The average Bonchev–Trinajstić information content (AvgIpc) is 2.82. The number of hydrogen-bond acceptors (Lipinski definition) is 6. The maximum atomic E-state index is 14.2. The number of nitrogens with one attached hydrogen (secondary N) is 2. The Balaban J connectivity index is 2.65. The van der Waals surface area contributed by atoms with Crippen molar-refractivity contribution in [2.75, 3.05) is 11.1 Å². The van der Waals surface area contributed by atoms with E-state index in [-0.39, 0.29) is 17.1 Å². The van der Waals surface area contributed by atoms with Crippen LogP contribution in [0, 0.1) is 13.8 Å². The molecule has 0 bridgehead atoms. The fraction of sp³-hybridized carbons (Fsp3) is 0.483. The SMILES string of the molecule is CCC(C)(C)N(C(=O)C(CS)NC(=O)OC(C)(C)C)C(C(=O)Nc1ccccc1C)c1cccc(C)c1O. The van der Waals surface area contributed by atoms with Gasteiger partial charge in [-0.3, -0.25) is 9.59 Å². The molecule has 0 spiro atoms. The van der Waals surface area contributed by atoms with Crippen LogP contribution in [0.4, 0.5) is 10.5 Å². The summed E-state index contributed by atoms with van der Waals surface area (Å²) in [5.74, 6) is -1.13. The second-order valence-electron chi connectivity index (χ2n) is 11.0. The predicted molar refractivity (Wildman–Crippen MR) is 154 cm³/mol. The zero-order chi connectivity index (χ0) is 28.8. The van der Waals surface area contributed by atoms with Gasteiger partial charge in [-0.1, -0.05) is 43.3 Å². The molecular weight excluding hydrogens is 502 g/mol. The highest BCUT2D eigenvalue weighted by Crippen LogP contribution is 2.38. The van der Waals surface area contributed by atoms with Crippen LogP contribution < -0.4 is 10.6 Å². The number of aromatic hydroxyl groups is 1. The maximum Gasteiger partial charge on any atom is 0.408 e. The van der Waals surface area contributed by atoms with E-state index in [0.717, 1.165) is 5.56 Å². The average molecular weight is 544 g/mol. The first-order valence-electron chi connectivity index (χ1n) is 12.7. The van der Waals surface area contributed by atoms with Gasteiger partial charge in [-0.05, 0) is 72.1 Å². The zero-order valence-electron chi connectivity index (χ0n) is 23.6. The van der Waals surface area contributed by atoms with E-state index in [0.29, 0.717) is 17.7 Å². The largest absolute Gasteiger partial charge is 0.507 e. The van der Waals surface area contributed by atoms with E-state index in [9.17, 15) is 19.5 Å². The molecule has 0 aliphatic heterocycles. The van der Waals surface area contributed by atoms with E-state index in [1.807, 2.05) is 45.9 Å². The van der Waals surface area contributed by atoms with Gasteiger partial charge in [0, 0.05) is 22.5 Å². The number of phenols is 1. The van der Waals surface area contributed by atoms with Crippen molar-refractivity contribution in [3.05, 3.63) is 59.2 Å². The maximum absolute atomic E-state index is 14.2. The zero-order valence-corrected chi connectivity index (χ0v) is 24.5. The summed E-state index contributed by atoms with van der Waals surface area (Å²) in [4.78, 5) is 42.2. The number of ether oxygens (including phenoxy) is 1. The summed E-state index contributed by atoms with van der Waals surface area (Å²) in [6.07, 6.45) is -0.274. The van der Waals surface area contributed by atoms with E-state index >= 15 is 0 Å². The van der Waals surface area contributed by atoms with Gasteiger partial charge >= 0.3 is 6.09 Å². The Morgan fingerprint density at radius 2 is 1.61 bits per heavy atom. The van der Waals surface area contributed by atoms with Crippen molar-refractivity contribution in [1.82, 2.24) is 10.2 Å². The van der Waals surface area contributed by atoms with Crippen LogP contribution in [0.2, 0.25) is 0 Å². The van der Waals surface area contributed by atoms with Gasteiger partial charge < -0.3 is 25.4 Å². The number of alkyl carbamates (subject to hydrolysis) is 1. The number of rotatable bonds is 9. The summed E-state index contributed by atoms with van der Waals surface area (Å²) in [5, 5.41) is 16.6. The number of phenolic OH excluding ortho intramolecular Hbond substituents is 1. The third kappa shape index (κ3) is 7.66.